The monoisotopic (exact) mass is 210 g/mol. The zero-order valence-corrected chi connectivity index (χ0v) is 9.92. The third-order valence-electron chi connectivity index (χ3n) is 3.61. The summed E-state index contributed by atoms with van der Waals surface area (Å²) in [6.07, 6.45) is 1.20. The maximum Gasteiger partial charge on any atom is 0.172 e. The van der Waals surface area contributed by atoms with Gasteiger partial charge in [0.05, 0.1) is 10.8 Å². The van der Waals surface area contributed by atoms with Gasteiger partial charge >= 0.3 is 0 Å². The normalized spacial score (nSPS) is 30.7. The number of aliphatic hydroxyl groups excluding tert-OH is 1. The molecule has 0 aromatic heterocycles. The van der Waals surface area contributed by atoms with E-state index in [4.69, 9.17) is 0 Å². The summed E-state index contributed by atoms with van der Waals surface area (Å²) in [6.45, 7) is 8.65. The molecular weight excluding hydrogens is 192 g/mol. The molecule has 1 rings (SSSR count). The Morgan fingerprint density at radius 1 is 1.20 bits per heavy atom. The van der Waals surface area contributed by atoms with Crippen LogP contribution in [0.2, 0.25) is 0 Å². The van der Waals surface area contributed by atoms with Gasteiger partial charge in [0.1, 0.15) is 5.76 Å². The summed E-state index contributed by atoms with van der Waals surface area (Å²) in [5, 5.41) is 9.61. The predicted molar refractivity (Wildman–Crippen MR) is 57.5 cm³/mol. The van der Waals surface area contributed by atoms with Crippen LogP contribution in [0.3, 0.4) is 0 Å². The highest BCUT2D eigenvalue weighted by Crippen LogP contribution is 2.43. The molecule has 0 bridgehead atoms. The van der Waals surface area contributed by atoms with Gasteiger partial charge in [0.15, 0.2) is 11.6 Å². The van der Waals surface area contributed by atoms with Crippen molar-refractivity contribution in [2.45, 2.75) is 34.6 Å². The molecule has 1 aliphatic carbocycles. The summed E-state index contributed by atoms with van der Waals surface area (Å²) in [5.74, 6) is -0.689. The quantitative estimate of drug-likeness (QED) is 0.675. The molecule has 0 aromatic carbocycles. The van der Waals surface area contributed by atoms with E-state index in [1.54, 1.807) is 20.8 Å². The summed E-state index contributed by atoms with van der Waals surface area (Å²) >= 11 is 0. The number of aliphatic hydroxyl groups is 1. The molecular formula is C12H18O3. The van der Waals surface area contributed by atoms with Gasteiger partial charge in [0.2, 0.25) is 0 Å². The van der Waals surface area contributed by atoms with E-state index in [0.717, 1.165) is 0 Å². The highest BCUT2D eigenvalue weighted by Gasteiger charge is 2.53. The van der Waals surface area contributed by atoms with Gasteiger partial charge in [-0.2, -0.15) is 0 Å². The largest absolute Gasteiger partial charge is 0.511 e. The fraction of sp³-hybridized carbons (Fsp3) is 0.667. The molecule has 0 saturated carbocycles. The summed E-state index contributed by atoms with van der Waals surface area (Å²) in [4.78, 5) is 24.0. The lowest BCUT2D eigenvalue weighted by Gasteiger charge is -2.40. The Morgan fingerprint density at radius 2 is 1.67 bits per heavy atom. The summed E-state index contributed by atoms with van der Waals surface area (Å²) in [6, 6.07) is 0. The highest BCUT2D eigenvalue weighted by atomic mass is 16.3. The van der Waals surface area contributed by atoms with Crippen LogP contribution in [-0.2, 0) is 9.59 Å². The van der Waals surface area contributed by atoms with E-state index in [1.807, 2.05) is 13.8 Å². The molecule has 0 radical (unpaired) electrons. The maximum atomic E-state index is 12.2. The topological polar surface area (TPSA) is 54.4 Å². The highest BCUT2D eigenvalue weighted by molar-refractivity contribution is 6.16. The van der Waals surface area contributed by atoms with Crippen LogP contribution in [0.1, 0.15) is 34.6 Å². The zero-order chi connectivity index (χ0) is 12.0. The standard InChI is InChI=1S/C12H18O3/c1-7(2)12(5)9(14)6-8(13)11(3,4)10(12)15/h6-7,13H,1-5H3. The summed E-state index contributed by atoms with van der Waals surface area (Å²) < 4.78 is 0. The van der Waals surface area contributed by atoms with E-state index < -0.39 is 10.8 Å². The molecule has 15 heavy (non-hydrogen) atoms. The third kappa shape index (κ3) is 1.41. The first kappa shape index (κ1) is 12.0. The lowest BCUT2D eigenvalue weighted by atomic mass is 9.60. The molecule has 1 atom stereocenters. The molecule has 0 amide bonds. The number of hydrogen-bond acceptors (Lipinski definition) is 3. The molecule has 0 heterocycles. The van der Waals surface area contributed by atoms with Gasteiger partial charge < -0.3 is 5.11 Å². The summed E-state index contributed by atoms with van der Waals surface area (Å²) in [7, 11) is 0. The first-order valence-corrected chi connectivity index (χ1v) is 5.15. The van der Waals surface area contributed by atoms with E-state index in [0.29, 0.717) is 0 Å². The number of hydrogen-bond donors (Lipinski definition) is 1. The first-order chi connectivity index (χ1) is 6.65. The fourth-order valence-corrected chi connectivity index (χ4v) is 1.88. The van der Waals surface area contributed by atoms with Gasteiger partial charge in [0.25, 0.3) is 0 Å². The Labute approximate surface area is 90.2 Å². The molecule has 1 unspecified atom stereocenters. The van der Waals surface area contributed by atoms with E-state index in [2.05, 4.69) is 0 Å². The van der Waals surface area contributed by atoms with Crippen molar-refractivity contribution in [3.05, 3.63) is 11.8 Å². The lowest BCUT2D eigenvalue weighted by Crippen LogP contribution is -2.51. The molecule has 0 fully saturated rings. The lowest BCUT2D eigenvalue weighted by molar-refractivity contribution is -0.147. The number of carbonyl (C=O) groups excluding carboxylic acids is 2. The number of Topliss-reactive ketones (excluding diaryl/α,β-unsaturated/α-hetero) is 1. The Hall–Kier alpha value is -1.12. The molecule has 0 aliphatic heterocycles. The molecule has 0 aromatic rings. The Morgan fingerprint density at radius 3 is 2.07 bits per heavy atom. The van der Waals surface area contributed by atoms with E-state index in [9.17, 15) is 14.7 Å². The fourth-order valence-electron chi connectivity index (χ4n) is 1.88. The van der Waals surface area contributed by atoms with Gasteiger partial charge in [-0.05, 0) is 26.7 Å². The zero-order valence-electron chi connectivity index (χ0n) is 9.92. The van der Waals surface area contributed by atoms with Gasteiger partial charge in [-0.25, -0.2) is 0 Å². The van der Waals surface area contributed by atoms with Gasteiger partial charge in [0, 0.05) is 6.08 Å². The van der Waals surface area contributed by atoms with Crippen LogP contribution >= 0.6 is 0 Å². The van der Waals surface area contributed by atoms with Crippen molar-refractivity contribution >= 4 is 11.6 Å². The van der Waals surface area contributed by atoms with E-state index in [1.165, 1.54) is 6.08 Å². The van der Waals surface area contributed by atoms with Gasteiger partial charge in [-0.1, -0.05) is 13.8 Å². The minimum absolute atomic E-state index is 0.0684. The van der Waals surface area contributed by atoms with Crippen LogP contribution in [0.25, 0.3) is 0 Å². The number of ketones is 2. The Bertz CT molecular complexity index is 350. The van der Waals surface area contributed by atoms with Crippen LogP contribution in [0.5, 0.6) is 0 Å². The van der Waals surface area contributed by atoms with Crippen molar-refractivity contribution in [1.29, 1.82) is 0 Å². The van der Waals surface area contributed by atoms with Gasteiger partial charge in [-0.15, -0.1) is 0 Å². The van der Waals surface area contributed by atoms with Crippen molar-refractivity contribution in [3.8, 4) is 0 Å². The van der Waals surface area contributed by atoms with E-state index in [-0.39, 0.29) is 23.2 Å². The van der Waals surface area contributed by atoms with E-state index >= 15 is 0 Å². The van der Waals surface area contributed by atoms with Crippen molar-refractivity contribution in [1.82, 2.24) is 0 Å². The SMILES string of the molecule is CC(C)C1(C)C(=O)C=C(O)C(C)(C)C1=O. The minimum atomic E-state index is -1.00. The van der Waals surface area contributed by atoms with Crippen LogP contribution in [0, 0.1) is 16.7 Å². The smallest absolute Gasteiger partial charge is 0.172 e. The van der Waals surface area contributed by atoms with Crippen LogP contribution in [0.4, 0.5) is 0 Å². The summed E-state index contributed by atoms with van der Waals surface area (Å²) in [5.41, 5.74) is -1.96. The molecule has 1 aliphatic rings. The third-order valence-corrected chi connectivity index (χ3v) is 3.61. The minimum Gasteiger partial charge on any atom is -0.511 e. The second kappa shape index (κ2) is 3.19. The first-order valence-electron chi connectivity index (χ1n) is 5.15. The Balaban J connectivity index is 3.38. The second-order valence-corrected chi connectivity index (χ2v) is 5.21. The van der Waals surface area contributed by atoms with Crippen molar-refractivity contribution < 1.29 is 14.7 Å². The average Bonchev–Trinajstić information content (AvgIpc) is 2.12. The van der Waals surface area contributed by atoms with Crippen molar-refractivity contribution in [3.63, 3.8) is 0 Å². The van der Waals surface area contributed by atoms with Crippen LogP contribution < -0.4 is 0 Å². The molecule has 0 spiro atoms. The molecule has 0 saturated heterocycles. The second-order valence-electron chi connectivity index (χ2n) is 5.21. The van der Waals surface area contributed by atoms with Crippen molar-refractivity contribution in [2.24, 2.45) is 16.7 Å². The van der Waals surface area contributed by atoms with Gasteiger partial charge in [-0.3, -0.25) is 9.59 Å². The van der Waals surface area contributed by atoms with Crippen molar-refractivity contribution in [2.75, 3.05) is 0 Å². The molecule has 3 nitrogen and oxygen atoms in total. The molecule has 1 N–H and O–H groups in total. The number of rotatable bonds is 1. The molecule has 3 heteroatoms. The molecule has 84 valence electrons. The number of carbonyl (C=O) groups is 2. The van der Waals surface area contributed by atoms with Crippen LogP contribution in [0.15, 0.2) is 11.8 Å². The van der Waals surface area contributed by atoms with Crippen LogP contribution in [-0.4, -0.2) is 16.7 Å². The Kier molecular flexibility index (Phi) is 2.54. The average molecular weight is 210 g/mol. The number of allylic oxidation sites excluding steroid dienone is 2. The predicted octanol–water partition coefficient (Wildman–Crippen LogP) is 2.27. The maximum absolute atomic E-state index is 12.2.